The van der Waals surface area contributed by atoms with Crippen LogP contribution in [0.15, 0.2) is 11.3 Å². The van der Waals surface area contributed by atoms with Gasteiger partial charge in [0.2, 0.25) is 0 Å². The normalized spacial score (nSPS) is 17.6. The Bertz CT molecular complexity index is 364. The van der Waals surface area contributed by atoms with Crippen LogP contribution < -0.4 is 10.6 Å². The summed E-state index contributed by atoms with van der Waals surface area (Å²) in [6.45, 7) is 0. The summed E-state index contributed by atoms with van der Waals surface area (Å²) < 4.78 is 0. The first kappa shape index (κ1) is 13.7. The van der Waals surface area contributed by atoms with Crippen molar-refractivity contribution in [2.45, 2.75) is 32.1 Å². The predicted octanol–water partition coefficient (Wildman–Crippen LogP) is 1.64. The maximum Gasteiger partial charge on any atom is 0.170 e. The van der Waals surface area contributed by atoms with E-state index in [2.05, 4.69) is 10.6 Å². The standard InChI is InChI=1S/C12H17N3OS/c1-14-12(17)15-11(10(7-13)8-16)9-5-3-2-4-6-9/h8-9H,2-6H2,1H3,(H2,14,15,17)/b11-10-. The fourth-order valence-corrected chi connectivity index (χ4v) is 2.23. The van der Waals surface area contributed by atoms with Crippen molar-refractivity contribution in [2.75, 3.05) is 7.05 Å². The third-order valence-electron chi connectivity index (χ3n) is 3.02. The lowest BCUT2D eigenvalue weighted by Gasteiger charge is -2.25. The molecule has 0 bridgehead atoms. The minimum Gasteiger partial charge on any atom is -0.366 e. The summed E-state index contributed by atoms with van der Waals surface area (Å²) in [5.74, 6) is 0.245. The number of hydrogen-bond donors (Lipinski definition) is 2. The molecule has 92 valence electrons. The third kappa shape index (κ3) is 3.82. The van der Waals surface area contributed by atoms with Crippen LogP contribution in [0.2, 0.25) is 0 Å². The van der Waals surface area contributed by atoms with Gasteiger partial charge in [0.15, 0.2) is 11.4 Å². The molecular formula is C12H17N3OS. The SMILES string of the molecule is CNC(=S)N/C(=C(/C#N)C=O)C1CCCCC1. The zero-order valence-corrected chi connectivity index (χ0v) is 10.8. The van der Waals surface area contributed by atoms with Gasteiger partial charge in [0.1, 0.15) is 11.6 Å². The molecule has 1 aliphatic carbocycles. The Morgan fingerprint density at radius 2 is 2.06 bits per heavy atom. The van der Waals surface area contributed by atoms with E-state index < -0.39 is 0 Å². The van der Waals surface area contributed by atoms with Crippen LogP contribution >= 0.6 is 12.2 Å². The molecule has 5 heteroatoms. The van der Waals surface area contributed by atoms with Gasteiger partial charge in [0.05, 0.1) is 0 Å². The maximum atomic E-state index is 10.9. The van der Waals surface area contributed by atoms with Crippen molar-refractivity contribution in [3.8, 4) is 6.07 Å². The first-order valence-electron chi connectivity index (χ1n) is 5.81. The van der Waals surface area contributed by atoms with Gasteiger partial charge in [-0.25, -0.2) is 0 Å². The fraction of sp³-hybridized carbons (Fsp3) is 0.583. The van der Waals surface area contributed by atoms with Gasteiger partial charge >= 0.3 is 0 Å². The molecule has 17 heavy (non-hydrogen) atoms. The van der Waals surface area contributed by atoms with Gasteiger partial charge < -0.3 is 10.6 Å². The summed E-state index contributed by atoms with van der Waals surface area (Å²) in [6.07, 6.45) is 6.12. The molecule has 1 fully saturated rings. The van der Waals surface area contributed by atoms with E-state index in [0.29, 0.717) is 17.1 Å². The Morgan fingerprint density at radius 1 is 1.41 bits per heavy atom. The first-order valence-corrected chi connectivity index (χ1v) is 6.22. The molecule has 1 rings (SSSR count). The van der Waals surface area contributed by atoms with E-state index in [1.165, 1.54) is 6.42 Å². The largest absolute Gasteiger partial charge is 0.366 e. The average molecular weight is 251 g/mol. The van der Waals surface area contributed by atoms with Gasteiger partial charge in [-0.1, -0.05) is 19.3 Å². The lowest BCUT2D eigenvalue weighted by molar-refractivity contribution is -0.104. The molecule has 0 radical (unpaired) electrons. The zero-order chi connectivity index (χ0) is 12.7. The number of nitrogens with zero attached hydrogens (tertiary/aromatic N) is 1. The highest BCUT2D eigenvalue weighted by Crippen LogP contribution is 2.29. The molecule has 0 aromatic carbocycles. The molecule has 0 heterocycles. The van der Waals surface area contributed by atoms with Crippen molar-refractivity contribution in [1.29, 1.82) is 5.26 Å². The van der Waals surface area contributed by atoms with Crippen molar-refractivity contribution >= 4 is 23.6 Å². The van der Waals surface area contributed by atoms with Crippen LogP contribution in [0.25, 0.3) is 0 Å². The summed E-state index contributed by atoms with van der Waals surface area (Å²) in [4.78, 5) is 10.9. The third-order valence-corrected chi connectivity index (χ3v) is 3.32. The van der Waals surface area contributed by atoms with Crippen LogP contribution in [-0.4, -0.2) is 18.4 Å². The number of rotatable bonds is 3. The number of hydrogen-bond acceptors (Lipinski definition) is 3. The van der Waals surface area contributed by atoms with Gasteiger partial charge in [-0.05, 0) is 25.1 Å². The lowest BCUT2D eigenvalue weighted by atomic mass is 9.85. The molecule has 0 aromatic rings. The summed E-state index contributed by atoms with van der Waals surface area (Å²) in [5, 5.41) is 15.2. The lowest BCUT2D eigenvalue weighted by Crippen LogP contribution is -2.35. The second kappa shape index (κ2) is 7.02. The van der Waals surface area contributed by atoms with Crippen molar-refractivity contribution in [1.82, 2.24) is 10.6 Å². The van der Waals surface area contributed by atoms with Crippen LogP contribution in [0.1, 0.15) is 32.1 Å². The first-order chi connectivity index (χ1) is 8.22. The zero-order valence-electron chi connectivity index (χ0n) is 9.95. The van der Waals surface area contributed by atoms with E-state index in [-0.39, 0.29) is 11.5 Å². The minimum absolute atomic E-state index is 0.162. The van der Waals surface area contributed by atoms with Crippen molar-refractivity contribution < 1.29 is 4.79 Å². The summed E-state index contributed by atoms with van der Waals surface area (Å²) in [7, 11) is 1.71. The van der Waals surface area contributed by atoms with Gasteiger partial charge in [-0.3, -0.25) is 4.79 Å². The molecule has 0 spiro atoms. The summed E-state index contributed by atoms with van der Waals surface area (Å²) in [6, 6.07) is 1.94. The molecule has 4 nitrogen and oxygen atoms in total. The quantitative estimate of drug-likeness (QED) is 0.345. The summed E-state index contributed by atoms with van der Waals surface area (Å²) >= 11 is 5.03. The van der Waals surface area contributed by atoms with Crippen LogP contribution in [0, 0.1) is 17.2 Å². The number of carbonyl (C=O) groups is 1. The van der Waals surface area contributed by atoms with E-state index in [9.17, 15) is 4.79 Å². The number of allylic oxidation sites excluding steroid dienone is 2. The Morgan fingerprint density at radius 3 is 2.53 bits per heavy atom. The van der Waals surface area contributed by atoms with Gasteiger partial charge in [0, 0.05) is 18.7 Å². The van der Waals surface area contributed by atoms with Crippen LogP contribution in [0.3, 0.4) is 0 Å². The Kier molecular flexibility index (Phi) is 5.64. The molecule has 0 atom stereocenters. The Balaban J connectivity index is 2.92. The molecule has 1 saturated carbocycles. The van der Waals surface area contributed by atoms with E-state index in [1.54, 1.807) is 7.05 Å². The highest BCUT2D eigenvalue weighted by atomic mass is 32.1. The van der Waals surface area contributed by atoms with E-state index >= 15 is 0 Å². The van der Waals surface area contributed by atoms with Crippen molar-refractivity contribution in [2.24, 2.45) is 5.92 Å². The van der Waals surface area contributed by atoms with E-state index in [1.807, 2.05) is 6.07 Å². The molecule has 0 saturated heterocycles. The number of carbonyl (C=O) groups excluding carboxylic acids is 1. The number of thiocarbonyl (C=S) groups is 1. The smallest absolute Gasteiger partial charge is 0.170 e. The molecular weight excluding hydrogens is 234 g/mol. The fourth-order valence-electron chi connectivity index (χ4n) is 2.12. The average Bonchev–Trinajstić information content (AvgIpc) is 2.39. The van der Waals surface area contributed by atoms with Gasteiger partial charge in [-0.2, -0.15) is 5.26 Å². The second-order valence-electron chi connectivity index (χ2n) is 4.10. The van der Waals surface area contributed by atoms with Crippen LogP contribution in [0.5, 0.6) is 0 Å². The maximum absolute atomic E-state index is 10.9. The molecule has 0 aromatic heterocycles. The van der Waals surface area contributed by atoms with E-state index in [0.717, 1.165) is 25.7 Å². The summed E-state index contributed by atoms with van der Waals surface area (Å²) in [5.41, 5.74) is 0.844. The second-order valence-corrected chi connectivity index (χ2v) is 4.50. The molecule has 1 aliphatic rings. The van der Waals surface area contributed by atoms with E-state index in [4.69, 9.17) is 17.5 Å². The van der Waals surface area contributed by atoms with Crippen LogP contribution in [0.4, 0.5) is 0 Å². The minimum atomic E-state index is 0.162. The highest BCUT2D eigenvalue weighted by Gasteiger charge is 2.21. The number of aldehydes is 1. The number of nitriles is 1. The topological polar surface area (TPSA) is 64.9 Å². The molecule has 0 aliphatic heterocycles. The molecule has 0 amide bonds. The molecule has 0 unspecified atom stereocenters. The van der Waals surface area contributed by atoms with Crippen LogP contribution in [-0.2, 0) is 4.79 Å². The molecule has 2 N–H and O–H groups in total. The van der Waals surface area contributed by atoms with Crippen molar-refractivity contribution in [3.05, 3.63) is 11.3 Å². The number of nitrogens with one attached hydrogen (secondary N) is 2. The van der Waals surface area contributed by atoms with Gasteiger partial charge in [0.25, 0.3) is 0 Å². The van der Waals surface area contributed by atoms with Crippen molar-refractivity contribution in [3.63, 3.8) is 0 Å². The predicted molar refractivity (Wildman–Crippen MR) is 70.1 cm³/mol. The Labute approximate surface area is 107 Å². The monoisotopic (exact) mass is 251 g/mol. The highest BCUT2D eigenvalue weighted by molar-refractivity contribution is 7.80. The Hall–Kier alpha value is -1.41. The van der Waals surface area contributed by atoms with Gasteiger partial charge in [-0.15, -0.1) is 0 Å².